The number of hydrogen-bond donors (Lipinski definition) is 5. The third-order valence-corrected chi connectivity index (χ3v) is 2.51. The van der Waals surface area contributed by atoms with E-state index in [0.717, 1.165) is 0 Å². The number of nitrogens with one attached hydrogen (secondary N) is 1. The second kappa shape index (κ2) is 7.67. The van der Waals surface area contributed by atoms with Crippen molar-refractivity contribution in [2.24, 2.45) is 11.5 Å². The minimum atomic E-state index is -0.916. The zero-order valence-electron chi connectivity index (χ0n) is 11.5. The Morgan fingerprint density at radius 3 is 2.62 bits per heavy atom. The summed E-state index contributed by atoms with van der Waals surface area (Å²) in [5, 5.41) is 24.1. The summed E-state index contributed by atoms with van der Waals surface area (Å²) in [5.41, 5.74) is 10.6. The molecule has 2 amide bonds. The fourth-order valence-electron chi connectivity index (χ4n) is 1.54. The average Bonchev–Trinajstić information content (AvgIpc) is 2.85. The van der Waals surface area contributed by atoms with Crippen LogP contribution in [0.5, 0.6) is 0 Å². The van der Waals surface area contributed by atoms with Crippen molar-refractivity contribution >= 4 is 11.8 Å². The molecule has 10 nitrogen and oxygen atoms in total. The van der Waals surface area contributed by atoms with Crippen LogP contribution in [-0.4, -0.2) is 44.9 Å². The monoisotopic (exact) mass is 301 g/mol. The highest BCUT2D eigenvalue weighted by Gasteiger charge is 2.25. The number of aromatic nitrogens is 2. The zero-order valence-corrected chi connectivity index (χ0v) is 11.5. The zero-order chi connectivity index (χ0) is 16.0. The van der Waals surface area contributed by atoms with Crippen molar-refractivity contribution in [2.75, 3.05) is 6.61 Å². The molecule has 7 N–H and O–H groups in total. The number of carbonyl (C=O) groups is 2. The van der Waals surface area contributed by atoms with E-state index >= 15 is 0 Å². The minimum Gasteiger partial charge on any atom is -0.394 e. The summed E-state index contributed by atoms with van der Waals surface area (Å²) in [5.74, 6) is -1.18. The van der Waals surface area contributed by atoms with Gasteiger partial charge in [0.2, 0.25) is 17.7 Å². The molecule has 0 saturated carbocycles. The lowest BCUT2D eigenvalue weighted by Crippen LogP contribution is -2.33. The molecule has 0 aliphatic carbocycles. The summed E-state index contributed by atoms with van der Waals surface area (Å²) >= 11 is 0. The molecule has 0 aliphatic rings. The topological polar surface area (TPSA) is 178 Å². The fraction of sp³-hybridized carbons (Fsp3) is 0.636. The van der Waals surface area contributed by atoms with Gasteiger partial charge in [0.1, 0.15) is 6.04 Å². The van der Waals surface area contributed by atoms with Gasteiger partial charge in [0.25, 0.3) is 0 Å². The number of primary amides is 1. The minimum absolute atomic E-state index is 0.0479. The van der Waals surface area contributed by atoms with Crippen LogP contribution in [0.4, 0.5) is 0 Å². The van der Waals surface area contributed by atoms with Crippen molar-refractivity contribution < 1.29 is 24.3 Å². The highest BCUT2D eigenvalue weighted by molar-refractivity contribution is 5.79. The van der Waals surface area contributed by atoms with Crippen LogP contribution in [0.15, 0.2) is 4.52 Å². The third kappa shape index (κ3) is 5.45. The van der Waals surface area contributed by atoms with Gasteiger partial charge in [-0.05, 0) is 6.92 Å². The number of aliphatic hydroxyl groups excluding tert-OH is 2. The molecular formula is C11H19N5O5. The van der Waals surface area contributed by atoms with E-state index in [1.165, 1.54) is 6.92 Å². The Bertz CT molecular complexity index is 489. The van der Waals surface area contributed by atoms with E-state index in [0.29, 0.717) is 0 Å². The first-order chi connectivity index (χ1) is 9.83. The van der Waals surface area contributed by atoms with Gasteiger partial charge >= 0.3 is 0 Å². The van der Waals surface area contributed by atoms with E-state index in [9.17, 15) is 9.59 Å². The summed E-state index contributed by atoms with van der Waals surface area (Å²) in [4.78, 5) is 26.6. The van der Waals surface area contributed by atoms with Crippen molar-refractivity contribution in [3.8, 4) is 0 Å². The van der Waals surface area contributed by atoms with Gasteiger partial charge in [0.05, 0.1) is 31.6 Å². The summed E-state index contributed by atoms with van der Waals surface area (Å²) in [6.45, 7) is 1.07. The van der Waals surface area contributed by atoms with Crippen molar-refractivity contribution in [2.45, 2.75) is 38.0 Å². The molecule has 1 aromatic heterocycles. The molecule has 1 rings (SSSR count). The summed E-state index contributed by atoms with van der Waals surface area (Å²) in [6, 6.07) is -1.74. The van der Waals surface area contributed by atoms with E-state index in [4.69, 9.17) is 26.2 Å². The molecule has 1 aromatic rings. The highest BCUT2D eigenvalue weighted by Crippen LogP contribution is 2.17. The molecule has 0 fully saturated rings. The molecule has 0 aliphatic heterocycles. The van der Waals surface area contributed by atoms with Gasteiger partial charge < -0.3 is 31.5 Å². The van der Waals surface area contributed by atoms with Gasteiger partial charge in [0, 0.05) is 0 Å². The Morgan fingerprint density at radius 2 is 2.10 bits per heavy atom. The number of nitrogens with two attached hydrogens (primary N) is 2. The van der Waals surface area contributed by atoms with Gasteiger partial charge in [-0.15, -0.1) is 0 Å². The highest BCUT2D eigenvalue weighted by atomic mass is 16.5. The predicted molar refractivity (Wildman–Crippen MR) is 69.3 cm³/mol. The van der Waals surface area contributed by atoms with Crippen LogP contribution in [0.1, 0.15) is 43.6 Å². The average molecular weight is 301 g/mol. The van der Waals surface area contributed by atoms with Gasteiger partial charge in [-0.3, -0.25) is 9.59 Å². The van der Waals surface area contributed by atoms with Crippen molar-refractivity contribution in [3.05, 3.63) is 11.7 Å². The standard InChI is InChI=1S/C11H19N5O5/c1-5(18)2-9(20)14-7(3-8(13)19)11-15-10(16-21-11)6(12)4-17/h5-7,17-18H,2-4,12H2,1H3,(H2,13,19)(H,14,20)/t5-,6+,7?/m1/s1. The SMILES string of the molecule is C[C@@H](O)CC(=O)NC(CC(N)=O)c1nc([C@@H](N)CO)no1. The molecule has 0 spiro atoms. The van der Waals surface area contributed by atoms with Crippen LogP contribution in [0.2, 0.25) is 0 Å². The summed E-state index contributed by atoms with van der Waals surface area (Å²) < 4.78 is 4.92. The molecule has 0 bridgehead atoms. The van der Waals surface area contributed by atoms with Gasteiger partial charge in [0.15, 0.2) is 5.82 Å². The number of carbonyl (C=O) groups excluding carboxylic acids is 2. The maximum absolute atomic E-state index is 11.6. The number of rotatable bonds is 8. The first kappa shape index (κ1) is 17.0. The molecule has 1 unspecified atom stereocenters. The Kier molecular flexibility index (Phi) is 6.21. The Balaban J connectivity index is 2.84. The van der Waals surface area contributed by atoms with Crippen LogP contribution in [0.3, 0.4) is 0 Å². The summed E-state index contributed by atoms with van der Waals surface area (Å²) in [7, 11) is 0. The fourth-order valence-corrected chi connectivity index (χ4v) is 1.54. The molecule has 3 atom stereocenters. The van der Waals surface area contributed by atoms with Gasteiger partial charge in [-0.2, -0.15) is 4.98 Å². The number of hydrogen-bond acceptors (Lipinski definition) is 8. The lowest BCUT2D eigenvalue weighted by Gasteiger charge is -2.14. The van der Waals surface area contributed by atoms with Crippen LogP contribution < -0.4 is 16.8 Å². The lowest BCUT2D eigenvalue weighted by molar-refractivity contribution is -0.124. The Hall–Kier alpha value is -2.04. The molecular weight excluding hydrogens is 282 g/mol. The van der Waals surface area contributed by atoms with E-state index in [2.05, 4.69) is 15.5 Å². The molecule has 0 radical (unpaired) electrons. The molecule has 118 valence electrons. The largest absolute Gasteiger partial charge is 0.394 e. The molecule has 0 saturated heterocycles. The smallest absolute Gasteiger partial charge is 0.249 e. The maximum atomic E-state index is 11.6. The lowest BCUT2D eigenvalue weighted by atomic mass is 10.1. The third-order valence-electron chi connectivity index (χ3n) is 2.51. The second-order valence-electron chi connectivity index (χ2n) is 4.62. The van der Waals surface area contributed by atoms with Crippen LogP contribution in [0, 0.1) is 0 Å². The normalized spacial score (nSPS) is 15.2. The van der Waals surface area contributed by atoms with Gasteiger partial charge in [-0.1, -0.05) is 5.16 Å². The van der Waals surface area contributed by atoms with Gasteiger partial charge in [-0.25, -0.2) is 0 Å². The van der Waals surface area contributed by atoms with Crippen LogP contribution in [0.25, 0.3) is 0 Å². The van der Waals surface area contributed by atoms with E-state index in [1.807, 2.05) is 0 Å². The quantitative estimate of drug-likeness (QED) is 0.361. The Morgan fingerprint density at radius 1 is 1.43 bits per heavy atom. The van der Waals surface area contributed by atoms with E-state index in [-0.39, 0.29) is 31.2 Å². The number of aliphatic hydroxyl groups is 2. The predicted octanol–water partition coefficient (Wildman–Crippen LogP) is -2.13. The first-order valence-corrected chi connectivity index (χ1v) is 6.29. The number of nitrogens with zero attached hydrogens (tertiary/aromatic N) is 2. The van der Waals surface area contributed by atoms with Crippen molar-refractivity contribution in [1.82, 2.24) is 15.5 Å². The second-order valence-corrected chi connectivity index (χ2v) is 4.62. The molecule has 0 aromatic carbocycles. The number of amides is 2. The molecule has 21 heavy (non-hydrogen) atoms. The summed E-state index contributed by atoms with van der Waals surface area (Å²) in [6.07, 6.45) is -1.23. The van der Waals surface area contributed by atoms with E-state index in [1.54, 1.807) is 0 Å². The van der Waals surface area contributed by atoms with Crippen LogP contribution in [-0.2, 0) is 9.59 Å². The molecule has 10 heteroatoms. The Labute approximate surface area is 120 Å². The van der Waals surface area contributed by atoms with Crippen molar-refractivity contribution in [1.29, 1.82) is 0 Å². The molecule has 1 heterocycles. The van der Waals surface area contributed by atoms with E-state index < -0.39 is 30.0 Å². The van der Waals surface area contributed by atoms with Crippen molar-refractivity contribution in [3.63, 3.8) is 0 Å². The van der Waals surface area contributed by atoms with Crippen LogP contribution >= 0.6 is 0 Å². The maximum Gasteiger partial charge on any atom is 0.249 e. The first-order valence-electron chi connectivity index (χ1n) is 6.29.